The van der Waals surface area contributed by atoms with Crippen LogP contribution >= 0.6 is 11.6 Å². The van der Waals surface area contributed by atoms with Crippen LogP contribution in [0.3, 0.4) is 0 Å². The summed E-state index contributed by atoms with van der Waals surface area (Å²) in [5, 5.41) is 12.9. The lowest BCUT2D eigenvalue weighted by Crippen LogP contribution is -2.35. The fourth-order valence-electron chi connectivity index (χ4n) is 3.87. The van der Waals surface area contributed by atoms with Crippen LogP contribution in [0.5, 0.6) is 17.4 Å². The van der Waals surface area contributed by atoms with E-state index < -0.39 is 0 Å². The molecule has 2 heterocycles. The monoisotopic (exact) mass is 414 g/mol. The quantitative estimate of drug-likeness (QED) is 0.609. The molecule has 0 spiro atoms. The van der Waals surface area contributed by atoms with Crippen molar-refractivity contribution in [3.63, 3.8) is 0 Å². The third-order valence-electron chi connectivity index (χ3n) is 5.72. The Labute approximate surface area is 176 Å². The van der Waals surface area contributed by atoms with Gasteiger partial charge in [-0.3, -0.25) is 9.47 Å². The summed E-state index contributed by atoms with van der Waals surface area (Å²) in [6, 6.07) is 11.1. The van der Waals surface area contributed by atoms with Crippen molar-refractivity contribution in [2.24, 2.45) is 5.92 Å². The average Bonchev–Trinajstić information content (AvgIpc) is 3.05. The molecule has 1 N–H and O–H groups in total. The Balaban J connectivity index is 1.53. The molecule has 2 aromatic carbocycles. The number of ether oxygens (including phenoxy) is 2. The summed E-state index contributed by atoms with van der Waals surface area (Å²) in [4.78, 5) is 2.45. The van der Waals surface area contributed by atoms with Gasteiger partial charge >= 0.3 is 0 Å². The van der Waals surface area contributed by atoms with Crippen molar-refractivity contribution in [3.05, 3.63) is 47.6 Å². The number of aromatic nitrogens is 1. The number of hydrogen-bond acceptors (Lipinski definition) is 4. The number of aromatic hydroxyl groups is 1. The highest BCUT2D eigenvalue weighted by Crippen LogP contribution is 2.35. The van der Waals surface area contributed by atoms with Crippen LogP contribution in [0.25, 0.3) is 16.5 Å². The van der Waals surface area contributed by atoms with E-state index in [1.807, 2.05) is 36.5 Å². The van der Waals surface area contributed by atoms with Gasteiger partial charge in [0.05, 0.1) is 12.8 Å². The minimum Gasteiger partial charge on any atom is -0.494 e. The molecule has 4 rings (SSSR count). The fraction of sp³-hybridized carbons (Fsp3) is 0.391. The summed E-state index contributed by atoms with van der Waals surface area (Å²) in [7, 11) is 1.64. The molecule has 1 saturated heterocycles. The maximum Gasteiger partial charge on any atom is 0.203 e. The number of rotatable bonds is 6. The first-order valence-corrected chi connectivity index (χ1v) is 10.5. The highest BCUT2D eigenvalue weighted by atomic mass is 35.5. The number of fused-ring (bicyclic) bond motifs is 1. The molecule has 0 amide bonds. The van der Waals surface area contributed by atoms with Gasteiger partial charge in [-0.2, -0.15) is 0 Å². The van der Waals surface area contributed by atoms with Crippen molar-refractivity contribution in [1.29, 1.82) is 0 Å². The number of likely N-dealkylation sites (tertiary alicyclic amines) is 1. The Bertz CT molecular complexity index is 993. The molecule has 0 unspecified atom stereocenters. The van der Waals surface area contributed by atoms with Crippen molar-refractivity contribution < 1.29 is 14.6 Å². The van der Waals surface area contributed by atoms with E-state index in [0.717, 1.165) is 42.0 Å². The van der Waals surface area contributed by atoms with Gasteiger partial charge in [0.1, 0.15) is 6.61 Å². The molecule has 1 aliphatic rings. The van der Waals surface area contributed by atoms with Crippen molar-refractivity contribution in [3.8, 4) is 23.1 Å². The van der Waals surface area contributed by atoms with Gasteiger partial charge in [-0.1, -0.05) is 18.5 Å². The number of hydrogen-bond donors (Lipinski definition) is 1. The molecule has 0 bridgehead atoms. The number of piperidine rings is 1. The van der Waals surface area contributed by atoms with E-state index >= 15 is 0 Å². The summed E-state index contributed by atoms with van der Waals surface area (Å²) in [5.41, 5.74) is 0.803. The number of halogens is 1. The Kier molecular flexibility index (Phi) is 5.88. The van der Waals surface area contributed by atoms with Gasteiger partial charge in [0.2, 0.25) is 5.88 Å². The lowest BCUT2D eigenvalue weighted by Gasteiger charge is -2.30. The molecule has 1 aliphatic heterocycles. The molecule has 1 aromatic heterocycles. The van der Waals surface area contributed by atoms with Gasteiger partial charge in [0.15, 0.2) is 11.5 Å². The molecule has 0 radical (unpaired) electrons. The van der Waals surface area contributed by atoms with Gasteiger partial charge in [-0.15, -0.1) is 0 Å². The van der Waals surface area contributed by atoms with E-state index in [1.54, 1.807) is 17.7 Å². The standard InChI is InChI=1S/C23H27ClN2O3/c1-16-7-9-25(10-8-16)11-12-29-22-14-19(4-6-21(22)28-2)26-15-17-13-18(24)3-5-20(17)23(26)27/h3-6,13-16,27H,7-12H2,1-2H3. The van der Waals surface area contributed by atoms with E-state index in [1.165, 1.54) is 12.8 Å². The molecule has 0 aliphatic carbocycles. The highest BCUT2D eigenvalue weighted by Gasteiger charge is 2.16. The van der Waals surface area contributed by atoms with Gasteiger partial charge in [0.25, 0.3) is 0 Å². The normalized spacial score (nSPS) is 15.7. The van der Waals surface area contributed by atoms with E-state index in [9.17, 15) is 5.11 Å². The van der Waals surface area contributed by atoms with Crippen LogP contribution in [0.15, 0.2) is 42.6 Å². The number of methoxy groups -OCH3 is 1. The van der Waals surface area contributed by atoms with E-state index in [0.29, 0.717) is 23.1 Å². The Hall–Kier alpha value is -2.37. The summed E-state index contributed by atoms with van der Waals surface area (Å²) in [6.45, 7) is 6.08. The molecule has 0 atom stereocenters. The van der Waals surface area contributed by atoms with Gasteiger partial charge in [-0.05, 0) is 62.2 Å². The zero-order valence-electron chi connectivity index (χ0n) is 16.9. The Morgan fingerprint density at radius 3 is 2.66 bits per heavy atom. The molecule has 0 saturated carbocycles. The largest absolute Gasteiger partial charge is 0.494 e. The first kappa shape index (κ1) is 19.9. The van der Waals surface area contributed by atoms with Crippen LogP contribution in [0, 0.1) is 5.92 Å². The molecule has 29 heavy (non-hydrogen) atoms. The summed E-state index contributed by atoms with van der Waals surface area (Å²) < 4.78 is 13.3. The van der Waals surface area contributed by atoms with Crippen molar-refractivity contribution >= 4 is 22.4 Å². The van der Waals surface area contributed by atoms with Crippen LogP contribution < -0.4 is 9.47 Å². The average molecular weight is 415 g/mol. The van der Waals surface area contributed by atoms with E-state index in [4.69, 9.17) is 21.1 Å². The minimum absolute atomic E-state index is 0.176. The predicted octanol–water partition coefficient (Wildman–Crippen LogP) is 5.11. The maximum atomic E-state index is 10.7. The molecular formula is C23H27ClN2O3. The minimum atomic E-state index is 0.176. The SMILES string of the molecule is COc1ccc(-n2cc3cc(Cl)ccc3c2O)cc1OCCN1CCC(C)CC1. The topological polar surface area (TPSA) is 46.9 Å². The Morgan fingerprint density at radius 1 is 1.10 bits per heavy atom. The number of benzene rings is 2. The van der Waals surface area contributed by atoms with Gasteiger partial charge in [-0.25, -0.2) is 0 Å². The molecule has 1 fully saturated rings. The lowest BCUT2D eigenvalue weighted by atomic mass is 9.99. The van der Waals surface area contributed by atoms with Gasteiger partial charge < -0.3 is 14.6 Å². The second kappa shape index (κ2) is 8.56. The van der Waals surface area contributed by atoms with Crippen molar-refractivity contribution in [2.45, 2.75) is 19.8 Å². The Morgan fingerprint density at radius 2 is 1.90 bits per heavy atom. The fourth-order valence-corrected chi connectivity index (χ4v) is 4.05. The van der Waals surface area contributed by atoms with E-state index in [2.05, 4.69) is 11.8 Å². The predicted molar refractivity (Wildman–Crippen MR) is 117 cm³/mol. The maximum absolute atomic E-state index is 10.7. The first-order valence-electron chi connectivity index (χ1n) is 10.1. The van der Waals surface area contributed by atoms with Crippen LogP contribution in [0.4, 0.5) is 0 Å². The lowest BCUT2D eigenvalue weighted by molar-refractivity contribution is 0.158. The molecular weight excluding hydrogens is 388 g/mol. The third kappa shape index (κ3) is 4.31. The van der Waals surface area contributed by atoms with Gasteiger partial charge in [0, 0.05) is 34.6 Å². The summed E-state index contributed by atoms with van der Waals surface area (Å²) >= 11 is 6.09. The van der Waals surface area contributed by atoms with Crippen LogP contribution in [-0.4, -0.2) is 47.9 Å². The smallest absolute Gasteiger partial charge is 0.203 e. The second-order valence-corrected chi connectivity index (χ2v) is 8.20. The van der Waals surface area contributed by atoms with Crippen LogP contribution in [0.2, 0.25) is 5.02 Å². The van der Waals surface area contributed by atoms with E-state index in [-0.39, 0.29) is 5.88 Å². The molecule has 154 valence electrons. The number of nitrogens with zero attached hydrogens (tertiary/aromatic N) is 2. The zero-order chi connectivity index (χ0) is 20.4. The molecule has 5 nitrogen and oxygen atoms in total. The van der Waals surface area contributed by atoms with Crippen molar-refractivity contribution in [1.82, 2.24) is 9.47 Å². The summed E-state index contributed by atoms with van der Waals surface area (Å²) in [5.74, 6) is 2.35. The highest BCUT2D eigenvalue weighted by molar-refractivity contribution is 6.31. The summed E-state index contributed by atoms with van der Waals surface area (Å²) in [6.07, 6.45) is 4.38. The van der Waals surface area contributed by atoms with Crippen molar-refractivity contribution in [2.75, 3.05) is 33.4 Å². The van der Waals surface area contributed by atoms with Crippen LogP contribution in [-0.2, 0) is 0 Å². The molecule has 3 aromatic rings. The second-order valence-electron chi connectivity index (χ2n) is 7.76. The third-order valence-corrected chi connectivity index (χ3v) is 5.95. The zero-order valence-corrected chi connectivity index (χ0v) is 17.7. The van der Waals surface area contributed by atoms with Crippen LogP contribution in [0.1, 0.15) is 19.8 Å². The first-order chi connectivity index (χ1) is 14.0. The molecule has 6 heteroatoms.